The van der Waals surface area contributed by atoms with E-state index >= 15 is 0 Å². The first-order valence-electron chi connectivity index (χ1n) is 4.93. The van der Waals surface area contributed by atoms with E-state index in [0.717, 1.165) is 11.8 Å². The third-order valence-corrected chi connectivity index (χ3v) is 2.88. The molecule has 1 saturated carbocycles. The molecule has 0 aromatic heterocycles. The van der Waals surface area contributed by atoms with Crippen molar-refractivity contribution in [3.63, 3.8) is 0 Å². The van der Waals surface area contributed by atoms with Gasteiger partial charge in [0.1, 0.15) is 0 Å². The van der Waals surface area contributed by atoms with Gasteiger partial charge in [-0.1, -0.05) is 13.8 Å². The van der Waals surface area contributed by atoms with Gasteiger partial charge in [0.2, 0.25) is 0 Å². The van der Waals surface area contributed by atoms with Gasteiger partial charge in [0, 0.05) is 6.04 Å². The van der Waals surface area contributed by atoms with Gasteiger partial charge in [0.05, 0.1) is 13.7 Å². The van der Waals surface area contributed by atoms with E-state index in [-0.39, 0.29) is 5.97 Å². The molecule has 0 atom stereocenters. The highest BCUT2D eigenvalue weighted by Crippen LogP contribution is 2.33. The summed E-state index contributed by atoms with van der Waals surface area (Å²) in [5, 5.41) is 3.18. The highest BCUT2D eigenvalue weighted by atomic mass is 16.5. The molecule has 0 heterocycles. The predicted octanol–water partition coefficient (Wildman–Crippen LogP) is 1.18. The average molecular weight is 185 g/mol. The molecule has 76 valence electrons. The van der Waals surface area contributed by atoms with Crippen LogP contribution < -0.4 is 5.32 Å². The third kappa shape index (κ3) is 2.99. The number of esters is 1. The van der Waals surface area contributed by atoms with Crippen LogP contribution in [0.25, 0.3) is 0 Å². The van der Waals surface area contributed by atoms with Crippen molar-refractivity contribution >= 4 is 5.97 Å². The van der Waals surface area contributed by atoms with Crippen molar-refractivity contribution in [3.05, 3.63) is 0 Å². The molecular formula is C10H19NO2. The van der Waals surface area contributed by atoms with Gasteiger partial charge in [0.25, 0.3) is 0 Å². The van der Waals surface area contributed by atoms with Crippen molar-refractivity contribution in [1.82, 2.24) is 5.32 Å². The summed E-state index contributed by atoms with van der Waals surface area (Å²) in [6.45, 7) is 4.86. The van der Waals surface area contributed by atoms with Crippen LogP contribution in [0.5, 0.6) is 0 Å². The van der Waals surface area contributed by atoms with E-state index in [2.05, 4.69) is 23.9 Å². The zero-order valence-corrected chi connectivity index (χ0v) is 8.67. The SMILES string of the molecule is COC(=O)CNC1CC(C(C)C)C1. The Labute approximate surface area is 79.8 Å². The molecule has 0 unspecified atom stereocenters. The lowest BCUT2D eigenvalue weighted by Gasteiger charge is -2.38. The van der Waals surface area contributed by atoms with Gasteiger partial charge in [-0.25, -0.2) is 0 Å². The molecule has 1 rings (SSSR count). The summed E-state index contributed by atoms with van der Waals surface area (Å²) in [4.78, 5) is 10.8. The van der Waals surface area contributed by atoms with E-state index in [1.54, 1.807) is 0 Å². The number of carbonyl (C=O) groups excluding carboxylic acids is 1. The minimum absolute atomic E-state index is 0.173. The minimum atomic E-state index is -0.173. The highest BCUT2D eigenvalue weighted by Gasteiger charge is 2.30. The Bertz CT molecular complexity index is 174. The maximum absolute atomic E-state index is 10.8. The lowest BCUT2D eigenvalue weighted by molar-refractivity contribution is -0.139. The Morgan fingerprint density at radius 3 is 2.62 bits per heavy atom. The number of methoxy groups -OCH3 is 1. The Kier molecular flexibility index (Phi) is 3.72. The summed E-state index contributed by atoms with van der Waals surface area (Å²) in [6, 6.07) is 0.534. The molecule has 0 aromatic carbocycles. The maximum Gasteiger partial charge on any atom is 0.319 e. The minimum Gasteiger partial charge on any atom is -0.468 e. The number of carbonyl (C=O) groups is 1. The zero-order chi connectivity index (χ0) is 9.84. The summed E-state index contributed by atoms with van der Waals surface area (Å²) in [5.41, 5.74) is 0. The van der Waals surface area contributed by atoms with Crippen LogP contribution in [-0.2, 0) is 9.53 Å². The molecule has 1 aliphatic carbocycles. The van der Waals surface area contributed by atoms with Crippen molar-refractivity contribution in [2.75, 3.05) is 13.7 Å². The van der Waals surface area contributed by atoms with Gasteiger partial charge in [-0.2, -0.15) is 0 Å². The predicted molar refractivity (Wildman–Crippen MR) is 51.4 cm³/mol. The third-order valence-electron chi connectivity index (χ3n) is 2.88. The first-order valence-corrected chi connectivity index (χ1v) is 4.93. The summed E-state index contributed by atoms with van der Waals surface area (Å²) >= 11 is 0. The smallest absolute Gasteiger partial charge is 0.319 e. The Morgan fingerprint density at radius 2 is 2.15 bits per heavy atom. The molecule has 0 amide bonds. The fourth-order valence-electron chi connectivity index (χ4n) is 1.67. The standard InChI is InChI=1S/C10H19NO2/c1-7(2)8-4-9(5-8)11-6-10(12)13-3/h7-9,11H,4-6H2,1-3H3. The average Bonchev–Trinajstić information content (AvgIpc) is 2.00. The Hall–Kier alpha value is -0.570. The number of rotatable bonds is 4. The van der Waals surface area contributed by atoms with Gasteiger partial charge in [-0.3, -0.25) is 4.79 Å². The van der Waals surface area contributed by atoms with E-state index in [4.69, 9.17) is 0 Å². The van der Waals surface area contributed by atoms with Crippen LogP contribution in [0.15, 0.2) is 0 Å². The van der Waals surface area contributed by atoms with Gasteiger partial charge in [-0.05, 0) is 24.7 Å². The van der Waals surface area contributed by atoms with Crippen molar-refractivity contribution < 1.29 is 9.53 Å². The van der Waals surface area contributed by atoms with Crippen LogP contribution in [0.1, 0.15) is 26.7 Å². The van der Waals surface area contributed by atoms with E-state index in [1.165, 1.54) is 20.0 Å². The fraction of sp³-hybridized carbons (Fsp3) is 0.900. The van der Waals surface area contributed by atoms with Crippen LogP contribution in [0.3, 0.4) is 0 Å². The lowest BCUT2D eigenvalue weighted by Crippen LogP contribution is -2.45. The molecule has 0 radical (unpaired) electrons. The van der Waals surface area contributed by atoms with Crippen molar-refractivity contribution in [2.24, 2.45) is 11.8 Å². The molecule has 13 heavy (non-hydrogen) atoms. The maximum atomic E-state index is 10.8. The molecule has 0 bridgehead atoms. The summed E-state index contributed by atoms with van der Waals surface area (Å²) in [7, 11) is 1.42. The molecule has 0 aromatic rings. The van der Waals surface area contributed by atoms with Crippen molar-refractivity contribution in [3.8, 4) is 0 Å². The monoisotopic (exact) mass is 185 g/mol. The summed E-state index contributed by atoms with van der Waals surface area (Å²) in [5.74, 6) is 1.44. The zero-order valence-electron chi connectivity index (χ0n) is 8.67. The van der Waals surface area contributed by atoms with E-state index < -0.39 is 0 Å². The van der Waals surface area contributed by atoms with Gasteiger partial charge < -0.3 is 10.1 Å². The van der Waals surface area contributed by atoms with Crippen LogP contribution in [0.4, 0.5) is 0 Å². The van der Waals surface area contributed by atoms with Crippen LogP contribution in [0.2, 0.25) is 0 Å². The lowest BCUT2D eigenvalue weighted by atomic mass is 9.74. The molecule has 0 spiro atoms. The Morgan fingerprint density at radius 1 is 1.54 bits per heavy atom. The molecule has 1 aliphatic rings. The highest BCUT2D eigenvalue weighted by molar-refractivity contribution is 5.71. The molecule has 0 aliphatic heterocycles. The summed E-state index contributed by atoms with van der Waals surface area (Å²) in [6.07, 6.45) is 2.41. The van der Waals surface area contributed by atoms with E-state index in [1.807, 2.05) is 0 Å². The summed E-state index contributed by atoms with van der Waals surface area (Å²) < 4.78 is 4.54. The molecule has 1 fully saturated rings. The molecule has 0 saturated heterocycles. The van der Waals surface area contributed by atoms with Crippen LogP contribution >= 0.6 is 0 Å². The first-order chi connectivity index (χ1) is 6.13. The van der Waals surface area contributed by atoms with Crippen molar-refractivity contribution in [1.29, 1.82) is 0 Å². The topological polar surface area (TPSA) is 38.3 Å². The van der Waals surface area contributed by atoms with Crippen LogP contribution in [-0.4, -0.2) is 25.7 Å². The molecule has 1 N–H and O–H groups in total. The molecule has 3 nitrogen and oxygen atoms in total. The quantitative estimate of drug-likeness (QED) is 0.668. The number of hydrogen-bond acceptors (Lipinski definition) is 3. The largest absolute Gasteiger partial charge is 0.468 e. The second-order valence-electron chi connectivity index (χ2n) is 4.13. The van der Waals surface area contributed by atoms with E-state index in [0.29, 0.717) is 12.6 Å². The van der Waals surface area contributed by atoms with E-state index in [9.17, 15) is 4.79 Å². The molecular weight excluding hydrogens is 166 g/mol. The number of nitrogens with one attached hydrogen (secondary N) is 1. The van der Waals surface area contributed by atoms with Gasteiger partial charge >= 0.3 is 5.97 Å². The second-order valence-corrected chi connectivity index (χ2v) is 4.13. The normalized spacial score (nSPS) is 27.1. The molecule has 3 heteroatoms. The number of ether oxygens (including phenoxy) is 1. The van der Waals surface area contributed by atoms with Gasteiger partial charge in [-0.15, -0.1) is 0 Å². The first kappa shape index (κ1) is 10.5. The number of hydrogen-bond donors (Lipinski definition) is 1. The second kappa shape index (κ2) is 4.61. The van der Waals surface area contributed by atoms with Crippen LogP contribution in [0, 0.1) is 11.8 Å². The Balaban J connectivity index is 2.05. The van der Waals surface area contributed by atoms with Crippen molar-refractivity contribution in [2.45, 2.75) is 32.7 Å². The van der Waals surface area contributed by atoms with Gasteiger partial charge in [0.15, 0.2) is 0 Å². The fourth-order valence-corrected chi connectivity index (χ4v) is 1.67.